The molecule has 0 aliphatic heterocycles. The molecule has 1 unspecified atom stereocenters. The molecule has 4 heteroatoms. The highest BCUT2D eigenvalue weighted by atomic mass is 16.5. The third kappa shape index (κ3) is 3.26. The quantitative estimate of drug-likeness (QED) is 0.807. The summed E-state index contributed by atoms with van der Waals surface area (Å²) in [5, 5.41) is 13.5. The number of hydrogen-bond acceptors (Lipinski definition) is 4. The van der Waals surface area contributed by atoms with Gasteiger partial charge in [0.05, 0.1) is 24.8 Å². The minimum absolute atomic E-state index is 0.0282. The molecular weight excluding hydrogens is 228 g/mol. The first-order valence-corrected chi connectivity index (χ1v) is 6.00. The zero-order valence-electron chi connectivity index (χ0n) is 10.5. The second-order valence-electron chi connectivity index (χ2n) is 4.25. The fourth-order valence-electron chi connectivity index (χ4n) is 1.87. The number of aliphatic hydroxyl groups excluding tert-OH is 1. The fraction of sp³-hybridized carbons (Fsp3) is 0.357. The highest BCUT2D eigenvalue weighted by Gasteiger charge is 2.06. The number of pyridine rings is 1. The largest absolute Gasteiger partial charge is 0.395 e. The van der Waals surface area contributed by atoms with Crippen molar-refractivity contribution in [3.05, 3.63) is 42.1 Å². The van der Waals surface area contributed by atoms with E-state index >= 15 is 0 Å². The van der Waals surface area contributed by atoms with Gasteiger partial charge in [-0.25, -0.2) is 0 Å². The van der Waals surface area contributed by atoms with Crippen LogP contribution in [0.25, 0.3) is 10.9 Å². The fourth-order valence-corrected chi connectivity index (χ4v) is 1.87. The molecule has 0 aliphatic carbocycles. The Morgan fingerprint density at radius 2 is 2.28 bits per heavy atom. The van der Waals surface area contributed by atoms with Gasteiger partial charge in [-0.1, -0.05) is 12.1 Å². The van der Waals surface area contributed by atoms with E-state index in [1.807, 2.05) is 24.3 Å². The topological polar surface area (TPSA) is 54.4 Å². The minimum atomic E-state index is -0.0282. The Balaban J connectivity index is 2.03. The summed E-state index contributed by atoms with van der Waals surface area (Å²) in [6, 6.07) is 10.1. The van der Waals surface area contributed by atoms with Gasteiger partial charge < -0.3 is 15.2 Å². The summed E-state index contributed by atoms with van der Waals surface area (Å²) >= 11 is 0. The summed E-state index contributed by atoms with van der Waals surface area (Å²) in [5.41, 5.74) is 2.17. The van der Waals surface area contributed by atoms with E-state index in [1.54, 1.807) is 13.3 Å². The van der Waals surface area contributed by atoms with Crippen molar-refractivity contribution in [3.63, 3.8) is 0 Å². The maximum absolute atomic E-state index is 9.15. The Morgan fingerprint density at radius 1 is 1.39 bits per heavy atom. The van der Waals surface area contributed by atoms with Gasteiger partial charge in [-0.15, -0.1) is 0 Å². The summed E-state index contributed by atoms with van der Waals surface area (Å²) in [6.45, 7) is 1.29. The second kappa shape index (κ2) is 6.44. The molecule has 0 bridgehead atoms. The summed E-state index contributed by atoms with van der Waals surface area (Å²) in [4.78, 5) is 4.28. The van der Waals surface area contributed by atoms with Gasteiger partial charge in [0.15, 0.2) is 0 Å². The lowest BCUT2D eigenvalue weighted by atomic mass is 10.1. The van der Waals surface area contributed by atoms with E-state index in [-0.39, 0.29) is 12.6 Å². The van der Waals surface area contributed by atoms with Crippen molar-refractivity contribution in [2.45, 2.75) is 12.6 Å². The molecule has 0 radical (unpaired) electrons. The maximum Gasteiger partial charge on any atom is 0.0702 e. The summed E-state index contributed by atoms with van der Waals surface area (Å²) in [5.74, 6) is 0. The molecule has 0 fully saturated rings. The van der Waals surface area contributed by atoms with Gasteiger partial charge in [0, 0.05) is 25.2 Å². The minimum Gasteiger partial charge on any atom is -0.395 e. The van der Waals surface area contributed by atoms with E-state index < -0.39 is 0 Å². The smallest absolute Gasteiger partial charge is 0.0702 e. The van der Waals surface area contributed by atoms with Crippen LogP contribution in [0.4, 0.5) is 0 Å². The Morgan fingerprint density at radius 3 is 3.06 bits per heavy atom. The van der Waals surface area contributed by atoms with Gasteiger partial charge in [0.2, 0.25) is 0 Å². The lowest BCUT2D eigenvalue weighted by molar-refractivity contribution is 0.128. The van der Waals surface area contributed by atoms with Crippen LogP contribution >= 0.6 is 0 Å². The number of nitrogens with zero attached hydrogens (tertiary/aromatic N) is 1. The lowest BCUT2D eigenvalue weighted by Gasteiger charge is -2.15. The van der Waals surface area contributed by atoms with E-state index in [2.05, 4.69) is 16.4 Å². The molecule has 2 aromatic rings. The van der Waals surface area contributed by atoms with Crippen molar-refractivity contribution in [2.75, 3.05) is 20.3 Å². The predicted octanol–water partition coefficient (Wildman–Crippen LogP) is 1.33. The first-order chi connectivity index (χ1) is 8.83. The van der Waals surface area contributed by atoms with E-state index in [9.17, 15) is 0 Å². The molecule has 1 aromatic carbocycles. The van der Waals surface area contributed by atoms with Crippen LogP contribution in [0, 0.1) is 0 Å². The Hall–Kier alpha value is -1.49. The Labute approximate surface area is 107 Å². The first-order valence-electron chi connectivity index (χ1n) is 6.00. The number of aliphatic hydroxyl groups is 1. The third-order valence-corrected chi connectivity index (χ3v) is 2.85. The van der Waals surface area contributed by atoms with Crippen LogP contribution in [0.2, 0.25) is 0 Å². The zero-order chi connectivity index (χ0) is 12.8. The number of fused-ring (bicyclic) bond motifs is 1. The van der Waals surface area contributed by atoms with E-state index in [1.165, 1.54) is 5.56 Å². The average molecular weight is 246 g/mol. The second-order valence-corrected chi connectivity index (χ2v) is 4.25. The van der Waals surface area contributed by atoms with Crippen molar-refractivity contribution >= 4 is 10.9 Å². The SMILES string of the molecule is COCC(CO)NCc1ccc2ncccc2c1. The molecule has 0 saturated carbocycles. The highest BCUT2D eigenvalue weighted by Crippen LogP contribution is 2.13. The van der Waals surface area contributed by atoms with Crippen LogP contribution < -0.4 is 5.32 Å². The molecule has 96 valence electrons. The van der Waals surface area contributed by atoms with Crippen molar-refractivity contribution in [2.24, 2.45) is 0 Å². The monoisotopic (exact) mass is 246 g/mol. The molecule has 2 rings (SSSR count). The van der Waals surface area contributed by atoms with Gasteiger partial charge in [-0.2, -0.15) is 0 Å². The van der Waals surface area contributed by atoms with Crippen molar-refractivity contribution in [1.29, 1.82) is 0 Å². The summed E-state index contributed by atoms with van der Waals surface area (Å²) < 4.78 is 5.02. The van der Waals surface area contributed by atoms with Crippen LogP contribution in [-0.2, 0) is 11.3 Å². The molecule has 0 spiro atoms. The van der Waals surface area contributed by atoms with Crippen molar-refractivity contribution < 1.29 is 9.84 Å². The normalized spacial score (nSPS) is 12.8. The number of methoxy groups -OCH3 is 1. The number of nitrogens with one attached hydrogen (secondary N) is 1. The molecule has 4 nitrogen and oxygen atoms in total. The predicted molar refractivity (Wildman–Crippen MR) is 71.3 cm³/mol. The molecule has 0 amide bonds. The lowest BCUT2D eigenvalue weighted by Crippen LogP contribution is -2.35. The average Bonchev–Trinajstić information content (AvgIpc) is 2.43. The number of hydrogen-bond donors (Lipinski definition) is 2. The Kier molecular flexibility index (Phi) is 4.64. The van der Waals surface area contributed by atoms with Gasteiger partial charge in [0.25, 0.3) is 0 Å². The van der Waals surface area contributed by atoms with E-state index in [0.29, 0.717) is 13.2 Å². The van der Waals surface area contributed by atoms with Crippen LogP contribution in [0.3, 0.4) is 0 Å². The van der Waals surface area contributed by atoms with Gasteiger partial charge in [-0.05, 0) is 23.8 Å². The highest BCUT2D eigenvalue weighted by molar-refractivity contribution is 5.78. The maximum atomic E-state index is 9.15. The molecular formula is C14H18N2O2. The van der Waals surface area contributed by atoms with Crippen LogP contribution in [0.1, 0.15) is 5.56 Å². The van der Waals surface area contributed by atoms with E-state index in [0.717, 1.165) is 10.9 Å². The van der Waals surface area contributed by atoms with Crippen LogP contribution in [0.15, 0.2) is 36.5 Å². The molecule has 0 aliphatic rings. The summed E-state index contributed by atoms with van der Waals surface area (Å²) in [7, 11) is 1.63. The molecule has 18 heavy (non-hydrogen) atoms. The van der Waals surface area contributed by atoms with Crippen LogP contribution in [-0.4, -0.2) is 36.5 Å². The number of benzene rings is 1. The zero-order valence-corrected chi connectivity index (χ0v) is 10.5. The van der Waals surface area contributed by atoms with Gasteiger partial charge in [-0.3, -0.25) is 4.98 Å². The van der Waals surface area contributed by atoms with E-state index in [4.69, 9.17) is 9.84 Å². The molecule has 1 aromatic heterocycles. The van der Waals surface area contributed by atoms with Crippen LogP contribution in [0.5, 0.6) is 0 Å². The number of ether oxygens (including phenoxy) is 1. The standard InChI is InChI=1S/C14H18N2O2/c1-18-10-13(9-17)16-8-11-4-5-14-12(7-11)3-2-6-15-14/h2-7,13,16-17H,8-10H2,1H3. The number of aromatic nitrogens is 1. The molecule has 1 heterocycles. The van der Waals surface area contributed by atoms with Gasteiger partial charge in [0.1, 0.15) is 0 Å². The molecule has 1 atom stereocenters. The van der Waals surface area contributed by atoms with Gasteiger partial charge >= 0.3 is 0 Å². The first kappa shape index (κ1) is 13.0. The third-order valence-electron chi connectivity index (χ3n) is 2.85. The molecule has 0 saturated heterocycles. The van der Waals surface area contributed by atoms with Crippen molar-refractivity contribution in [3.8, 4) is 0 Å². The summed E-state index contributed by atoms with van der Waals surface area (Å²) in [6.07, 6.45) is 1.79. The Bertz CT molecular complexity index is 502. The molecule has 2 N–H and O–H groups in total. The van der Waals surface area contributed by atoms with Crippen molar-refractivity contribution in [1.82, 2.24) is 10.3 Å². The number of rotatable bonds is 6.